The molecular formula is C30H28N6O4. The first kappa shape index (κ1) is 26.4. The molecule has 3 heterocycles. The molecule has 0 aliphatic rings. The molecule has 0 unspecified atom stereocenters. The molecule has 0 aliphatic heterocycles. The van der Waals surface area contributed by atoms with Crippen molar-refractivity contribution < 1.29 is 14.3 Å². The molecule has 202 valence electrons. The molecule has 0 saturated heterocycles. The summed E-state index contributed by atoms with van der Waals surface area (Å²) in [5.74, 6) is 0.0878. The first-order valence-corrected chi connectivity index (χ1v) is 12.7. The Balaban J connectivity index is 1.70. The number of nitrogens with one attached hydrogen (secondary N) is 1. The number of carbonyl (C=O) groups is 1. The zero-order valence-corrected chi connectivity index (χ0v) is 22.3. The largest absolute Gasteiger partial charge is 0.481 e. The molecule has 10 nitrogen and oxygen atoms in total. The van der Waals surface area contributed by atoms with Gasteiger partial charge in [-0.15, -0.1) is 0 Å². The molecule has 3 aromatic heterocycles. The minimum Gasteiger partial charge on any atom is -0.481 e. The van der Waals surface area contributed by atoms with E-state index in [0.717, 1.165) is 16.5 Å². The Kier molecular flexibility index (Phi) is 7.41. The van der Waals surface area contributed by atoms with Crippen molar-refractivity contribution >= 4 is 28.5 Å². The number of hydrogen-bond acceptors (Lipinski definition) is 9. The highest BCUT2D eigenvalue weighted by Gasteiger charge is 2.22. The molecule has 10 heteroatoms. The number of para-hydroxylation sites is 1. The summed E-state index contributed by atoms with van der Waals surface area (Å²) in [5, 5.41) is 4.56. The summed E-state index contributed by atoms with van der Waals surface area (Å²) in [4.78, 5) is 39.3. The summed E-state index contributed by atoms with van der Waals surface area (Å²) in [7, 11) is 1.55. The van der Waals surface area contributed by atoms with Crippen molar-refractivity contribution in [2.75, 3.05) is 24.8 Å². The highest BCUT2D eigenvalue weighted by Crippen LogP contribution is 2.31. The maximum atomic E-state index is 14.3. The highest BCUT2D eigenvalue weighted by molar-refractivity contribution is 5.97. The van der Waals surface area contributed by atoms with E-state index in [1.807, 2.05) is 67.6 Å². The van der Waals surface area contributed by atoms with Crippen LogP contribution in [0.25, 0.3) is 27.6 Å². The summed E-state index contributed by atoms with van der Waals surface area (Å²) >= 11 is 0. The molecule has 5 rings (SSSR count). The van der Waals surface area contributed by atoms with Crippen LogP contribution in [0.5, 0.6) is 5.88 Å². The van der Waals surface area contributed by atoms with E-state index in [1.165, 1.54) is 6.20 Å². The molecule has 0 saturated carbocycles. The summed E-state index contributed by atoms with van der Waals surface area (Å²) in [6, 6.07) is 20.2. The number of nitrogens with two attached hydrogens (primary N) is 1. The van der Waals surface area contributed by atoms with Gasteiger partial charge in [0.2, 0.25) is 11.8 Å². The van der Waals surface area contributed by atoms with Crippen LogP contribution in [-0.4, -0.2) is 39.2 Å². The first-order valence-electron chi connectivity index (χ1n) is 12.7. The van der Waals surface area contributed by atoms with Gasteiger partial charge in [-0.05, 0) is 54.6 Å². The number of nitrogen functional groups attached to an aromatic ring is 1. The standard InChI is InChI=1S/C30H28N6O4/c1-4-40-29(38)23-17-33-30(31)35-27(23)34-18(2)24-15-20-9-8-12-22(19-13-14-32-25(16-19)39-3)26(20)28(37)36(24)21-10-6-5-7-11-21/h5-18H,4H2,1-3H3,(H3,31,33,34,35)/t18-/m0/s1. The van der Waals surface area contributed by atoms with Gasteiger partial charge in [0, 0.05) is 29.8 Å². The van der Waals surface area contributed by atoms with Crippen molar-refractivity contribution in [3.8, 4) is 22.7 Å². The Labute approximate surface area is 230 Å². The summed E-state index contributed by atoms with van der Waals surface area (Å²) < 4.78 is 12.1. The number of aromatic nitrogens is 4. The third-order valence-electron chi connectivity index (χ3n) is 6.44. The molecule has 1 atom stereocenters. The molecular weight excluding hydrogens is 508 g/mol. The van der Waals surface area contributed by atoms with Crippen molar-refractivity contribution in [3.63, 3.8) is 0 Å². The molecule has 0 radical (unpaired) electrons. The van der Waals surface area contributed by atoms with Crippen LogP contribution in [0.3, 0.4) is 0 Å². The van der Waals surface area contributed by atoms with E-state index < -0.39 is 12.0 Å². The predicted octanol–water partition coefficient (Wildman–Crippen LogP) is 4.78. The van der Waals surface area contributed by atoms with Crippen LogP contribution in [0.4, 0.5) is 11.8 Å². The van der Waals surface area contributed by atoms with Gasteiger partial charge in [0.15, 0.2) is 0 Å². The number of nitrogens with zero attached hydrogens (tertiary/aromatic N) is 4. The molecule has 0 bridgehead atoms. The van der Waals surface area contributed by atoms with E-state index in [2.05, 4.69) is 20.3 Å². The minimum atomic E-state index is -0.575. The quantitative estimate of drug-likeness (QED) is 0.269. The second kappa shape index (κ2) is 11.2. The van der Waals surface area contributed by atoms with Gasteiger partial charge in [-0.25, -0.2) is 14.8 Å². The Bertz CT molecular complexity index is 1750. The van der Waals surface area contributed by atoms with Crippen LogP contribution in [0, 0.1) is 0 Å². The van der Waals surface area contributed by atoms with Gasteiger partial charge in [0.25, 0.3) is 5.56 Å². The van der Waals surface area contributed by atoms with Crippen molar-refractivity contribution in [2.45, 2.75) is 19.9 Å². The fraction of sp³-hybridized carbons (Fsp3) is 0.167. The SMILES string of the molecule is CCOC(=O)c1cnc(N)nc1N[C@@H](C)c1cc2cccc(-c3ccnc(OC)c3)c2c(=O)n1-c1ccccc1. The van der Waals surface area contributed by atoms with Gasteiger partial charge in [0.05, 0.1) is 25.1 Å². The number of esters is 1. The second-order valence-electron chi connectivity index (χ2n) is 8.98. The van der Waals surface area contributed by atoms with E-state index in [0.29, 0.717) is 22.6 Å². The van der Waals surface area contributed by atoms with E-state index in [9.17, 15) is 9.59 Å². The number of ether oxygens (including phenoxy) is 2. The first-order chi connectivity index (χ1) is 19.4. The fourth-order valence-corrected chi connectivity index (χ4v) is 4.62. The number of anilines is 2. The number of hydrogen-bond donors (Lipinski definition) is 2. The normalized spacial score (nSPS) is 11.7. The number of rotatable bonds is 8. The van der Waals surface area contributed by atoms with Crippen LogP contribution < -0.4 is 21.3 Å². The van der Waals surface area contributed by atoms with Gasteiger partial charge in [-0.2, -0.15) is 4.98 Å². The topological polar surface area (TPSA) is 134 Å². The molecule has 2 aromatic carbocycles. The summed E-state index contributed by atoms with van der Waals surface area (Å²) in [6.45, 7) is 3.79. The van der Waals surface area contributed by atoms with Crippen LogP contribution >= 0.6 is 0 Å². The van der Waals surface area contributed by atoms with Crippen molar-refractivity contribution in [2.24, 2.45) is 0 Å². The van der Waals surface area contributed by atoms with Gasteiger partial charge < -0.3 is 20.5 Å². The lowest BCUT2D eigenvalue weighted by atomic mass is 9.98. The van der Waals surface area contributed by atoms with Crippen molar-refractivity contribution in [3.05, 3.63) is 101 Å². The van der Waals surface area contributed by atoms with Crippen LogP contribution in [0.2, 0.25) is 0 Å². The van der Waals surface area contributed by atoms with Gasteiger partial charge in [-0.1, -0.05) is 36.4 Å². The van der Waals surface area contributed by atoms with Crippen LogP contribution in [-0.2, 0) is 4.74 Å². The van der Waals surface area contributed by atoms with E-state index in [4.69, 9.17) is 15.2 Å². The highest BCUT2D eigenvalue weighted by atomic mass is 16.5. The Morgan fingerprint density at radius 2 is 1.88 bits per heavy atom. The molecule has 0 spiro atoms. The third kappa shape index (κ3) is 5.06. The Morgan fingerprint density at radius 1 is 1.07 bits per heavy atom. The molecule has 0 fully saturated rings. The lowest BCUT2D eigenvalue weighted by molar-refractivity contribution is 0.0526. The maximum Gasteiger partial charge on any atom is 0.343 e. The number of pyridine rings is 2. The molecule has 0 aliphatic carbocycles. The molecule has 3 N–H and O–H groups in total. The number of benzene rings is 2. The zero-order valence-electron chi connectivity index (χ0n) is 22.3. The average Bonchev–Trinajstić information content (AvgIpc) is 2.97. The van der Waals surface area contributed by atoms with Crippen LogP contribution in [0.1, 0.15) is 35.9 Å². The Hall–Kier alpha value is -5.25. The van der Waals surface area contributed by atoms with Crippen molar-refractivity contribution in [1.29, 1.82) is 0 Å². The minimum absolute atomic E-state index is 0.000805. The molecule has 5 aromatic rings. The van der Waals surface area contributed by atoms with Gasteiger partial charge in [0.1, 0.15) is 11.4 Å². The van der Waals surface area contributed by atoms with E-state index >= 15 is 0 Å². The van der Waals surface area contributed by atoms with Gasteiger partial charge in [-0.3, -0.25) is 9.36 Å². The monoisotopic (exact) mass is 536 g/mol. The van der Waals surface area contributed by atoms with E-state index in [-0.39, 0.29) is 29.5 Å². The summed E-state index contributed by atoms with van der Waals surface area (Å²) in [5.41, 5.74) is 8.69. The maximum absolute atomic E-state index is 14.3. The second-order valence-corrected chi connectivity index (χ2v) is 8.98. The summed E-state index contributed by atoms with van der Waals surface area (Å²) in [6.07, 6.45) is 2.98. The molecule has 0 amide bonds. The third-order valence-corrected chi connectivity index (χ3v) is 6.44. The average molecular weight is 537 g/mol. The van der Waals surface area contributed by atoms with E-state index in [1.54, 1.807) is 30.9 Å². The smallest absolute Gasteiger partial charge is 0.343 e. The molecule has 40 heavy (non-hydrogen) atoms. The number of fused-ring (bicyclic) bond motifs is 1. The lowest BCUT2D eigenvalue weighted by Gasteiger charge is -2.23. The Morgan fingerprint density at radius 3 is 2.62 bits per heavy atom. The lowest BCUT2D eigenvalue weighted by Crippen LogP contribution is -2.26. The van der Waals surface area contributed by atoms with Gasteiger partial charge >= 0.3 is 5.97 Å². The number of carbonyl (C=O) groups excluding carboxylic acids is 1. The fourth-order valence-electron chi connectivity index (χ4n) is 4.62. The number of methoxy groups -OCH3 is 1. The predicted molar refractivity (Wildman–Crippen MR) is 154 cm³/mol. The zero-order chi connectivity index (χ0) is 28.2. The van der Waals surface area contributed by atoms with Crippen molar-refractivity contribution in [1.82, 2.24) is 19.5 Å². The van der Waals surface area contributed by atoms with Crippen LogP contribution in [0.15, 0.2) is 83.9 Å².